The molecule has 5 aromatic rings. The normalized spacial score (nSPS) is 16.2. The number of nitrogens with one attached hydrogen (secondary N) is 3. The molecule has 326 valence electrons. The molecule has 3 aliphatic rings. The average Bonchev–Trinajstić information content (AvgIpc) is 3.82. The Bertz CT molecular complexity index is 2510. The highest BCUT2D eigenvalue weighted by Crippen LogP contribution is 2.33. The topological polar surface area (TPSA) is 222 Å². The van der Waals surface area contributed by atoms with E-state index in [0.29, 0.717) is 28.6 Å². The molecular formula is C45H48N10O7S. The van der Waals surface area contributed by atoms with Gasteiger partial charge in [-0.2, -0.15) is 0 Å². The predicted octanol–water partition coefficient (Wildman–Crippen LogP) is 5.59. The van der Waals surface area contributed by atoms with Crippen molar-refractivity contribution >= 4 is 69.1 Å². The fourth-order valence-corrected chi connectivity index (χ4v) is 8.07. The lowest BCUT2D eigenvalue weighted by Crippen LogP contribution is -2.54. The zero-order chi connectivity index (χ0) is 44.5. The number of nitrogen functional groups attached to an aromatic ring is 1. The molecule has 17 nitrogen and oxygen atoms in total. The molecule has 1 atom stereocenters. The molecule has 5 heterocycles. The Kier molecular flexibility index (Phi) is 14.1. The summed E-state index contributed by atoms with van der Waals surface area (Å²) < 4.78 is 5.77. The Morgan fingerprint density at radius 1 is 0.857 bits per heavy atom. The minimum atomic E-state index is -1.05. The fraction of sp³-hybridized carbons (Fsp3) is 0.311. The molecule has 2 aromatic heterocycles. The number of fused-ring (bicyclic) bond motifs is 1. The number of rotatable bonds is 13. The molecule has 3 aromatic carbocycles. The number of unbranched alkanes of at least 4 members (excludes halogenated alkanes) is 2. The summed E-state index contributed by atoms with van der Waals surface area (Å²) >= 11 is 1.16. The standard InChI is InChI=1S/C28H33N7O5.C17H15N3O2S/c1-18-29-12-11-22(30-18)34-16-14-33(15-17-34)13-4-2-3-8-23(36)31-20-7-5-6-19-25(20)28(40)35(27(19)39)21-9-10-24(37)32-26(21)38;1-11-9-13(22-12-5-3-2-4-6-12)7-8-14(11)20-16(21)15-10-19-17(18)23-15/h5-7,11-12,21H,2-4,8-10,13-17H2,1H3,(H,31,36)(H,32,37,38);2-10H,1H3,(H2,18,19)(H,20,21). The third-order valence-corrected chi connectivity index (χ3v) is 11.6. The average molecular weight is 873 g/mol. The van der Waals surface area contributed by atoms with Gasteiger partial charge in [-0.3, -0.25) is 43.9 Å². The first-order chi connectivity index (χ1) is 30.4. The minimum Gasteiger partial charge on any atom is -0.457 e. The third-order valence-electron chi connectivity index (χ3n) is 10.8. The van der Waals surface area contributed by atoms with Crippen LogP contribution in [0, 0.1) is 13.8 Å². The van der Waals surface area contributed by atoms with Gasteiger partial charge < -0.3 is 26.0 Å². The number of piperidine rings is 1. The monoisotopic (exact) mass is 872 g/mol. The van der Waals surface area contributed by atoms with Crippen LogP contribution in [0.2, 0.25) is 0 Å². The number of ether oxygens (including phenoxy) is 1. The number of nitrogens with zero attached hydrogens (tertiary/aromatic N) is 6. The number of hydrogen-bond donors (Lipinski definition) is 4. The van der Waals surface area contributed by atoms with Gasteiger partial charge in [0.05, 0.1) is 23.0 Å². The number of piperazine rings is 1. The highest BCUT2D eigenvalue weighted by Gasteiger charge is 2.45. The molecule has 5 N–H and O–H groups in total. The van der Waals surface area contributed by atoms with Gasteiger partial charge in [0.25, 0.3) is 17.7 Å². The Labute approximate surface area is 368 Å². The van der Waals surface area contributed by atoms with Crippen molar-refractivity contribution in [2.75, 3.05) is 54.0 Å². The van der Waals surface area contributed by atoms with Gasteiger partial charge in [0, 0.05) is 50.9 Å². The number of imide groups is 2. The van der Waals surface area contributed by atoms with Crippen molar-refractivity contribution in [2.45, 2.75) is 58.4 Å². The van der Waals surface area contributed by atoms with Crippen LogP contribution in [0.4, 0.5) is 22.3 Å². The van der Waals surface area contributed by atoms with Crippen LogP contribution >= 0.6 is 11.3 Å². The van der Waals surface area contributed by atoms with E-state index in [1.165, 1.54) is 12.3 Å². The predicted molar refractivity (Wildman–Crippen MR) is 238 cm³/mol. The van der Waals surface area contributed by atoms with Gasteiger partial charge in [-0.1, -0.05) is 42.0 Å². The number of carbonyl (C=O) groups is 6. The summed E-state index contributed by atoms with van der Waals surface area (Å²) in [5.41, 5.74) is 7.66. The number of amides is 6. The van der Waals surface area contributed by atoms with Crippen LogP contribution in [0.1, 0.15) is 80.3 Å². The summed E-state index contributed by atoms with van der Waals surface area (Å²) in [6.07, 6.45) is 6.26. The fourth-order valence-electron chi connectivity index (χ4n) is 7.49. The van der Waals surface area contributed by atoms with Crippen molar-refractivity contribution in [2.24, 2.45) is 0 Å². The maximum atomic E-state index is 13.2. The molecule has 8 rings (SSSR count). The summed E-state index contributed by atoms with van der Waals surface area (Å²) in [6.45, 7) is 8.54. The summed E-state index contributed by atoms with van der Waals surface area (Å²) in [7, 11) is 0. The molecular weight excluding hydrogens is 825 g/mol. The van der Waals surface area contributed by atoms with Crippen molar-refractivity contribution in [3.63, 3.8) is 0 Å². The van der Waals surface area contributed by atoms with Crippen molar-refractivity contribution in [1.29, 1.82) is 0 Å². The van der Waals surface area contributed by atoms with E-state index in [0.717, 1.165) is 90.4 Å². The minimum absolute atomic E-state index is 0.0480. The van der Waals surface area contributed by atoms with Crippen LogP contribution in [0.15, 0.2) is 85.2 Å². The van der Waals surface area contributed by atoms with Crippen LogP contribution in [0.25, 0.3) is 0 Å². The molecule has 2 saturated heterocycles. The molecule has 63 heavy (non-hydrogen) atoms. The first-order valence-electron chi connectivity index (χ1n) is 20.7. The lowest BCUT2D eigenvalue weighted by Gasteiger charge is -2.35. The zero-order valence-electron chi connectivity index (χ0n) is 35.0. The summed E-state index contributed by atoms with van der Waals surface area (Å²) in [6, 6.07) is 20.6. The van der Waals surface area contributed by atoms with Crippen molar-refractivity contribution < 1.29 is 33.5 Å². The Balaban J connectivity index is 0.000000219. The molecule has 0 radical (unpaired) electrons. The van der Waals surface area contributed by atoms with E-state index < -0.39 is 29.7 Å². The molecule has 1 unspecified atom stereocenters. The number of aromatic nitrogens is 3. The Hall–Kier alpha value is -7.05. The lowest BCUT2D eigenvalue weighted by atomic mass is 10.0. The maximum Gasteiger partial charge on any atom is 0.267 e. The van der Waals surface area contributed by atoms with Crippen LogP contribution in [-0.4, -0.2) is 99.0 Å². The molecule has 0 saturated carbocycles. The smallest absolute Gasteiger partial charge is 0.267 e. The van der Waals surface area contributed by atoms with Gasteiger partial charge in [0.1, 0.15) is 34.1 Å². The van der Waals surface area contributed by atoms with Gasteiger partial charge in [-0.15, -0.1) is 0 Å². The number of nitrogens with two attached hydrogens (primary N) is 1. The summed E-state index contributed by atoms with van der Waals surface area (Å²) in [5.74, 6) is 0.435. The Morgan fingerprint density at radius 2 is 1.65 bits per heavy atom. The number of aryl methyl sites for hydroxylation is 2. The second kappa shape index (κ2) is 20.2. The highest BCUT2D eigenvalue weighted by atomic mass is 32.1. The Morgan fingerprint density at radius 3 is 2.37 bits per heavy atom. The maximum absolute atomic E-state index is 13.2. The van der Waals surface area contributed by atoms with E-state index >= 15 is 0 Å². The summed E-state index contributed by atoms with van der Waals surface area (Å²) in [5, 5.41) is 8.19. The molecule has 3 aliphatic heterocycles. The van der Waals surface area contributed by atoms with E-state index in [2.05, 4.69) is 40.7 Å². The van der Waals surface area contributed by atoms with E-state index in [-0.39, 0.29) is 41.5 Å². The first-order valence-corrected chi connectivity index (χ1v) is 21.5. The molecule has 0 aliphatic carbocycles. The zero-order valence-corrected chi connectivity index (χ0v) is 35.8. The number of para-hydroxylation sites is 1. The molecule has 0 bridgehead atoms. The molecule has 2 fully saturated rings. The van der Waals surface area contributed by atoms with E-state index in [4.69, 9.17) is 10.5 Å². The van der Waals surface area contributed by atoms with Crippen LogP contribution in [0.3, 0.4) is 0 Å². The van der Waals surface area contributed by atoms with Gasteiger partial charge in [-0.25, -0.2) is 15.0 Å². The van der Waals surface area contributed by atoms with Crippen LogP contribution in [0.5, 0.6) is 11.5 Å². The molecule has 6 amide bonds. The van der Waals surface area contributed by atoms with E-state index in [1.807, 2.05) is 68.4 Å². The van der Waals surface area contributed by atoms with Crippen molar-refractivity contribution in [3.05, 3.63) is 113 Å². The van der Waals surface area contributed by atoms with E-state index in [9.17, 15) is 28.8 Å². The van der Waals surface area contributed by atoms with Gasteiger partial charge in [0.15, 0.2) is 5.13 Å². The van der Waals surface area contributed by atoms with Gasteiger partial charge in [-0.05, 0) is 93.7 Å². The number of anilines is 4. The quantitative estimate of drug-likeness (QED) is 0.0839. The van der Waals surface area contributed by atoms with Crippen molar-refractivity contribution in [1.82, 2.24) is 30.1 Å². The largest absolute Gasteiger partial charge is 0.457 e. The number of thiazole rings is 1. The first kappa shape index (κ1) is 44.0. The van der Waals surface area contributed by atoms with Crippen molar-refractivity contribution in [3.8, 4) is 11.5 Å². The second-order valence-electron chi connectivity index (χ2n) is 15.2. The van der Waals surface area contributed by atoms with Crippen LogP contribution < -0.4 is 31.3 Å². The van der Waals surface area contributed by atoms with Crippen LogP contribution in [-0.2, 0) is 14.4 Å². The SMILES string of the molecule is Cc1cc(Oc2ccccc2)ccc1NC(=O)c1cnc(N)s1.Cc1nccc(N2CCN(CCCCCC(=O)Nc3cccc4c3C(=O)N(C3CCC(=O)NC3=O)C4=O)CC2)n1. The highest BCUT2D eigenvalue weighted by molar-refractivity contribution is 7.17. The summed E-state index contributed by atoms with van der Waals surface area (Å²) in [4.78, 5) is 93.4. The third kappa shape index (κ3) is 11.1. The number of carbonyl (C=O) groups excluding carboxylic acids is 6. The molecule has 18 heteroatoms. The van der Waals surface area contributed by atoms with E-state index in [1.54, 1.807) is 18.3 Å². The lowest BCUT2D eigenvalue weighted by molar-refractivity contribution is -0.136. The number of hydrogen-bond acceptors (Lipinski definition) is 14. The molecule has 0 spiro atoms. The van der Waals surface area contributed by atoms with Gasteiger partial charge in [0.2, 0.25) is 17.7 Å². The second-order valence-corrected chi connectivity index (χ2v) is 16.3. The van der Waals surface area contributed by atoms with Gasteiger partial charge >= 0.3 is 0 Å². The number of benzene rings is 3.